The number of ether oxygens (including phenoxy) is 1. The monoisotopic (exact) mass is 355 g/mol. The minimum atomic E-state index is -0.258. The maximum Gasteiger partial charge on any atom is 0.259 e. The van der Waals surface area contributed by atoms with Crippen molar-refractivity contribution in [2.24, 2.45) is 0 Å². The molecule has 0 fully saturated rings. The van der Waals surface area contributed by atoms with Crippen LogP contribution in [0.15, 0.2) is 42.5 Å². The zero-order valence-corrected chi connectivity index (χ0v) is 14.6. The van der Waals surface area contributed by atoms with Crippen molar-refractivity contribution >= 4 is 44.2 Å². The number of methoxy groups -OCH3 is 1. The van der Waals surface area contributed by atoms with Gasteiger partial charge >= 0.3 is 0 Å². The van der Waals surface area contributed by atoms with Crippen LogP contribution in [-0.4, -0.2) is 23.9 Å². The first-order valence-corrected chi connectivity index (χ1v) is 8.57. The van der Waals surface area contributed by atoms with E-state index in [1.807, 2.05) is 12.1 Å². The molecule has 0 radical (unpaired) electrons. The molecule has 0 spiro atoms. The topological polar surface area (TPSA) is 80.3 Å². The van der Waals surface area contributed by atoms with Gasteiger partial charge in [-0.15, -0.1) is 0 Å². The van der Waals surface area contributed by atoms with Crippen molar-refractivity contribution in [1.29, 1.82) is 0 Å². The summed E-state index contributed by atoms with van der Waals surface area (Å²) in [6.07, 6.45) is 0.399. The van der Waals surface area contributed by atoms with Crippen LogP contribution in [-0.2, 0) is 4.79 Å². The molecule has 3 aromatic rings. The van der Waals surface area contributed by atoms with E-state index in [0.29, 0.717) is 34.1 Å². The molecule has 0 atom stereocenters. The lowest BCUT2D eigenvalue weighted by Crippen LogP contribution is -2.13. The Balaban J connectivity index is 1.82. The molecular weight excluding hydrogens is 338 g/mol. The minimum Gasteiger partial charge on any atom is -0.496 e. The van der Waals surface area contributed by atoms with Crippen molar-refractivity contribution < 1.29 is 14.3 Å². The third-order valence-electron chi connectivity index (χ3n) is 3.56. The number of anilines is 2. The second-order valence-corrected chi connectivity index (χ2v) is 6.29. The molecule has 0 bridgehead atoms. The third kappa shape index (κ3) is 3.77. The molecule has 1 aromatic heterocycles. The SMILES string of the molecule is CCC(=O)Nc1nc2cc(NC(=O)c3ccccc3OC)ccc2s1. The smallest absolute Gasteiger partial charge is 0.259 e. The normalized spacial score (nSPS) is 10.5. The van der Waals surface area contributed by atoms with E-state index in [2.05, 4.69) is 15.6 Å². The first-order valence-electron chi connectivity index (χ1n) is 7.75. The fourth-order valence-electron chi connectivity index (χ4n) is 2.30. The van der Waals surface area contributed by atoms with Crippen molar-refractivity contribution in [1.82, 2.24) is 4.98 Å². The van der Waals surface area contributed by atoms with E-state index in [-0.39, 0.29) is 11.8 Å². The summed E-state index contributed by atoms with van der Waals surface area (Å²) < 4.78 is 6.15. The Hall–Kier alpha value is -2.93. The molecule has 0 unspecified atom stereocenters. The van der Waals surface area contributed by atoms with E-state index in [1.165, 1.54) is 18.4 Å². The second kappa shape index (κ2) is 7.31. The van der Waals surface area contributed by atoms with Crippen molar-refractivity contribution in [2.45, 2.75) is 13.3 Å². The number of aromatic nitrogens is 1. The largest absolute Gasteiger partial charge is 0.496 e. The Morgan fingerprint density at radius 1 is 1.16 bits per heavy atom. The number of carbonyl (C=O) groups is 2. The average molecular weight is 355 g/mol. The van der Waals surface area contributed by atoms with Crippen LogP contribution < -0.4 is 15.4 Å². The van der Waals surface area contributed by atoms with E-state index in [9.17, 15) is 9.59 Å². The molecule has 128 valence electrons. The Labute approximate surface area is 148 Å². The Bertz CT molecular complexity index is 936. The van der Waals surface area contributed by atoms with E-state index >= 15 is 0 Å². The minimum absolute atomic E-state index is 0.0799. The van der Waals surface area contributed by atoms with Gasteiger partial charge in [0.1, 0.15) is 5.75 Å². The van der Waals surface area contributed by atoms with Crippen molar-refractivity contribution in [2.75, 3.05) is 17.7 Å². The molecule has 7 heteroatoms. The van der Waals surface area contributed by atoms with Gasteiger partial charge in [-0.05, 0) is 30.3 Å². The van der Waals surface area contributed by atoms with Crippen LogP contribution >= 0.6 is 11.3 Å². The maximum absolute atomic E-state index is 12.5. The lowest BCUT2D eigenvalue weighted by Gasteiger charge is -2.09. The van der Waals surface area contributed by atoms with Crippen LogP contribution in [0.2, 0.25) is 0 Å². The number of para-hydroxylation sites is 1. The van der Waals surface area contributed by atoms with E-state index < -0.39 is 0 Å². The van der Waals surface area contributed by atoms with Crippen LogP contribution in [0.5, 0.6) is 5.75 Å². The van der Waals surface area contributed by atoms with Crippen LogP contribution in [0.1, 0.15) is 23.7 Å². The molecule has 2 N–H and O–H groups in total. The van der Waals surface area contributed by atoms with Crippen LogP contribution in [0.3, 0.4) is 0 Å². The molecule has 25 heavy (non-hydrogen) atoms. The number of amides is 2. The fraction of sp³-hybridized carbons (Fsp3) is 0.167. The predicted octanol–water partition coefficient (Wildman–Crippen LogP) is 3.91. The molecule has 0 saturated heterocycles. The number of carbonyl (C=O) groups excluding carboxylic acids is 2. The summed E-state index contributed by atoms with van der Waals surface area (Å²) >= 11 is 1.40. The summed E-state index contributed by atoms with van der Waals surface area (Å²) in [5.74, 6) is 0.176. The predicted molar refractivity (Wildman–Crippen MR) is 99.5 cm³/mol. The Morgan fingerprint density at radius 2 is 1.96 bits per heavy atom. The number of rotatable bonds is 5. The van der Waals surface area contributed by atoms with Gasteiger partial charge in [-0.25, -0.2) is 4.98 Å². The zero-order chi connectivity index (χ0) is 17.8. The molecule has 6 nitrogen and oxygen atoms in total. The highest BCUT2D eigenvalue weighted by molar-refractivity contribution is 7.22. The summed E-state index contributed by atoms with van der Waals surface area (Å²) in [6, 6.07) is 12.5. The van der Waals surface area contributed by atoms with Gasteiger partial charge in [0.15, 0.2) is 5.13 Å². The van der Waals surface area contributed by atoms with Crippen molar-refractivity contribution in [3.8, 4) is 5.75 Å². The van der Waals surface area contributed by atoms with Gasteiger partial charge in [0.25, 0.3) is 5.91 Å². The maximum atomic E-state index is 12.5. The lowest BCUT2D eigenvalue weighted by atomic mass is 10.2. The van der Waals surface area contributed by atoms with Crippen LogP contribution in [0, 0.1) is 0 Å². The first-order chi connectivity index (χ1) is 12.1. The highest BCUT2D eigenvalue weighted by Gasteiger charge is 2.13. The Morgan fingerprint density at radius 3 is 2.72 bits per heavy atom. The van der Waals surface area contributed by atoms with Gasteiger partial charge in [0.2, 0.25) is 5.91 Å². The van der Waals surface area contributed by atoms with E-state index in [0.717, 1.165) is 4.70 Å². The quantitative estimate of drug-likeness (QED) is 0.727. The van der Waals surface area contributed by atoms with Gasteiger partial charge in [0, 0.05) is 12.1 Å². The highest BCUT2D eigenvalue weighted by atomic mass is 32.1. The first kappa shape index (κ1) is 16.9. The summed E-state index contributed by atoms with van der Waals surface area (Å²) in [4.78, 5) is 28.3. The number of nitrogens with one attached hydrogen (secondary N) is 2. The standard InChI is InChI=1S/C18H17N3O3S/c1-3-16(22)21-18-20-13-10-11(8-9-15(13)25-18)19-17(23)12-6-4-5-7-14(12)24-2/h4-10H,3H2,1-2H3,(H,19,23)(H,20,21,22). The molecule has 0 aliphatic carbocycles. The van der Waals surface area contributed by atoms with E-state index in [4.69, 9.17) is 4.74 Å². The average Bonchev–Trinajstić information content (AvgIpc) is 3.02. The van der Waals surface area contributed by atoms with Crippen molar-refractivity contribution in [3.63, 3.8) is 0 Å². The molecule has 3 rings (SSSR count). The molecule has 0 aliphatic heterocycles. The molecular formula is C18H17N3O3S. The summed E-state index contributed by atoms with van der Waals surface area (Å²) in [7, 11) is 1.53. The van der Waals surface area contributed by atoms with Gasteiger partial charge < -0.3 is 15.4 Å². The van der Waals surface area contributed by atoms with Gasteiger partial charge in [0.05, 0.1) is 22.9 Å². The highest BCUT2D eigenvalue weighted by Crippen LogP contribution is 2.28. The van der Waals surface area contributed by atoms with E-state index in [1.54, 1.807) is 37.3 Å². The molecule has 2 amide bonds. The summed E-state index contributed by atoms with van der Waals surface area (Å²) in [6.45, 7) is 1.79. The Kier molecular flexibility index (Phi) is 4.95. The van der Waals surface area contributed by atoms with Crippen molar-refractivity contribution in [3.05, 3.63) is 48.0 Å². The number of benzene rings is 2. The molecule has 1 heterocycles. The number of hydrogen-bond donors (Lipinski definition) is 2. The third-order valence-corrected chi connectivity index (χ3v) is 4.52. The van der Waals surface area contributed by atoms with Crippen LogP contribution in [0.25, 0.3) is 10.2 Å². The van der Waals surface area contributed by atoms with Gasteiger partial charge in [-0.3, -0.25) is 9.59 Å². The number of nitrogens with zero attached hydrogens (tertiary/aromatic N) is 1. The van der Waals surface area contributed by atoms with Gasteiger partial charge in [-0.2, -0.15) is 0 Å². The zero-order valence-electron chi connectivity index (χ0n) is 13.8. The summed E-state index contributed by atoms with van der Waals surface area (Å²) in [5, 5.41) is 6.14. The molecule has 0 saturated carbocycles. The number of fused-ring (bicyclic) bond motifs is 1. The van der Waals surface area contributed by atoms with Gasteiger partial charge in [-0.1, -0.05) is 30.4 Å². The molecule has 0 aliphatic rings. The fourth-order valence-corrected chi connectivity index (χ4v) is 3.16. The molecule has 2 aromatic carbocycles. The summed E-state index contributed by atoms with van der Waals surface area (Å²) in [5.41, 5.74) is 1.80. The van der Waals surface area contributed by atoms with Crippen LogP contribution in [0.4, 0.5) is 10.8 Å². The second-order valence-electron chi connectivity index (χ2n) is 5.26. The lowest BCUT2D eigenvalue weighted by molar-refractivity contribution is -0.115. The number of thiazole rings is 1. The number of hydrogen-bond acceptors (Lipinski definition) is 5.